The molecule has 2 nitrogen and oxygen atoms in total. The largest absolute Gasteiger partial charge is 0.493 e. The molecule has 0 aromatic heterocycles. The number of ether oxygens (including phenoxy) is 2. The van der Waals surface area contributed by atoms with Gasteiger partial charge in [-0.25, -0.2) is 0 Å². The minimum Gasteiger partial charge on any atom is -0.493 e. The Hall–Kier alpha value is -0.410. The second kappa shape index (κ2) is 8.65. The van der Waals surface area contributed by atoms with Crippen molar-refractivity contribution in [1.82, 2.24) is 0 Å². The van der Waals surface area contributed by atoms with Gasteiger partial charge in [-0.1, -0.05) is 53.7 Å². The zero-order valence-corrected chi connectivity index (χ0v) is 13.3. The van der Waals surface area contributed by atoms with E-state index in [0.29, 0.717) is 16.1 Å². The van der Waals surface area contributed by atoms with E-state index in [9.17, 15) is 0 Å². The van der Waals surface area contributed by atoms with Gasteiger partial charge in [-0.15, -0.1) is 0 Å². The van der Waals surface area contributed by atoms with Gasteiger partial charge in [-0.2, -0.15) is 0 Å². The quantitative estimate of drug-likeness (QED) is 0.480. The normalized spacial score (nSPS) is 10.4. The summed E-state index contributed by atoms with van der Waals surface area (Å²) in [6, 6.07) is 3.69. The summed E-state index contributed by atoms with van der Waals surface area (Å²) in [6.45, 7) is 2.92. The molecule has 0 aliphatic carbocycles. The van der Waals surface area contributed by atoms with Gasteiger partial charge in [0, 0.05) is 22.0 Å². The molecule has 0 fully saturated rings. The molecule has 102 valence electrons. The van der Waals surface area contributed by atoms with Gasteiger partial charge in [0.15, 0.2) is 11.5 Å². The standard InChI is InChI=1S/C14H20BrClO2/c1-3-4-5-6-7-18-14-11(10-15)8-12(16)9-13(14)17-2/h8-9H,3-7,10H2,1-2H3. The average molecular weight is 336 g/mol. The van der Waals surface area contributed by atoms with Crippen molar-refractivity contribution >= 4 is 27.5 Å². The molecule has 1 rings (SSSR count). The molecule has 0 bridgehead atoms. The van der Waals surface area contributed by atoms with Gasteiger partial charge in [0.25, 0.3) is 0 Å². The number of methoxy groups -OCH3 is 1. The number of halogens is 2. The van der Waals surface area contributed by atoms with E-state index in [1.165, 1.54) is 19.3 Å². The van der Waals surface area contributed by atoms with Crippen LogP contribution in [0.1, 0.15) is 38.2 Å². The lowest BCUT2D eigenvalue weighted by Crippen LogP contribution is -2.02. The average Bonchev–Trinajstić information content (AvgIpc) is 2.39. The van der Waals surface area contributed by atoms with Gasteiger partial charge in [0.1, 0.15) is 0 Å². The number of hydrogen-bond donors (Lipinski definition) is 0. The van der Waals surface area contributed by atoms with E-state index in [1.807, 2.05) is 6.07 Å². The fraction of sp³-hybridized carbons (Fsp3) is 0.571. The van der Waals surface area contributed by atoms with Crippen LogP contribution in [-0.4, -0.2) is 13.7 Å². The fourth-order valence-electron chi connectivity index (χ4n) is 1.74. The molecular weight excluding hydrogens is 316 g/mol. The Kier molecular flexibility index (Phi) is 7.52. The summed E-state index contributed by atoms with van der Waals surface area (Å²) in [5, 5.41) is 1.37. The van der Waals surface area contributed by atoms with Crippen molar-refractivity contribution in [2.24, 2.45) is 0 Å². The van der Waals surface area contributed by atoms with Crippen LogP contribution in [0.2, 0.25) is 5.02 Å². The number of alkyl halides is 1. The van der Waals surface area contributed by atoms with E-state index in [0.717, 1.165) is 24.3 Å². The zero-order valence-electron chi connectivity index (χ0n) is 11.0. The number of rotatable bonds is 8. The summed E-state index contributed by atoms with van der Waals surface area (Å²) in [6.07, 6.45) is 4.76. The molecule has 0 saturated carbocycles. The van der Waals surface area contributed by atoms with Crippen LogP contribution in [0.4, 0.5) is 0 Å². The van der Waals surface area contributed by atoms with Gasteiger partial charge in [-0.05, 0) is 12.5 Å². The van der Waals surface area contributed by atoms with E-state index in [2.05, 4.69) is 22.9 Å². The van der Waals surface area contributed by atoms with Crippen LogP contribution < -0.4 is 9.47 Å². The monoisotopic (exact) mass is 334 g/mol. The molecule has 0 N–H and O–H groups in total. The van der Waals surface area contributed by atoms with Crippen molar-refractivity contribution in [3.05, 3.63) is 22.7 Å². The van der Waals surface area contributed by atoms with E-state index in [4.69, 9.17) is 21.1 Å². The molecule has 0 aliphatic heterocycles. The first kappa shape index (κ1) is 15.6. The highest BCUT2D eigenvalue weighted by Crippen LogP contribution is 2.36. The third-order valence-electron chi connectivity index (χ3n) is 2.70. The molecule has 0 radical (unpaired) electrons. The Bertz CT molecular complexity index is 344. The Morgan fingerprint density at radius 3 is 2.61 bits per heavy atom. The second-order valence-corrected chi connectivity index (χ2v) is 5.14. The van der Waals surface area contributed by atoms with Crippen molar-refractivity contribution in [3.63, 3.8) is 0 Å². The maximum absolute atomic E-state index is 6.03. The molecule has 18 heavy (non-hydrogen) atoms. The Balaban J connectivity index is 2.67. The summed E-state index contributed by atoms with van der Waals surface area (Å²) in [5.74, 6) is 1.50. The SMILES string of the molecule is CCCCCCOc1c(CBr)cc(Cl)cc1OC. The first-order chi connectivity index (χ1) is 8.72. The Labute approximate surface area is 123 Å². The summed E-state index contributed by atoms with van der Waals surface area (Å²) in [4.78, 5) is 0. The van der Waals surface area contributed by atoms with Gasteiger partial charge in [0.05, 0.1) is 13.7 Å². The van der Waals surface area contributed by atoms with Crippen molar-refractivity contribution in [2.45, 2.75) is 37.9 Å². The Morgan fingerprint density at radius 1 is 1.22 bits per heavy atom. The summed E-state index contributed by atoms with van der Waals surface area (Å²) in [5.41, 5.74) is 1.02. The lowest BCUT2D eigenvalue weighted by molar-refractivity contribution is 0.283. The summed E-state index contributed by atoms with van der Waals surface area (Å²) in [7, 11) is 1.63. The minimum absolute atomic E-state index is 0.666. The van der Waals surface area contributed by atoms with Crippen LogP contribution in [0.5, 0.6) is 11.5 Å². The van der Waals surface area contributed by atoms with E-state index >= 15 is 0 Å². The molecular formula is C14H20BrClO2. The van der Waals surface area contributed by atoms with Crippen LogP contribution in [0, 0.1) is 0 Å². The maximum Gasteiger partial charge on any atom is 0.165 e. The van der Waals surface area contributed by atoms with Gasteiger partial charge < -0.3 is 9.47 Å². The predicted octanol–water partition coefficient (Wildman–Crippen LogP) is 5.20. The molecule has 0 aliphatic rings. The lowest BCUT2D eigenvalue weighted by atomic mass is 10.2. The smallest absolute Gasteiger partial charge is 0.165 e. The van der Waals surface area contributed by atoms with Crippen LogP contribution >= 0.6 is 27.5 Å². The Morgan fingerprint density at radius 2 is 2.00 bits per heavy atom. The van der Waals surface area contributed by atoms with Gasteiger partial charge >= 0.3 is 0 Å². The van der Waals surface area contributed by atoms with Gasteiger partial charge in [0.2, 0.25) is 0 Å². The third-order valence-corrected chi connectivity index (χ3v) is 3.53. The predicted molar refractivity (Wildman–Crippen MR) is 80.3 cm³/mol. The molecule has 0 unspecified atom stereocenters. The zero-order chi connectivity index (χ0) is 13.4. The molecule has 0 heterocycles. The summed E-state index contributed by atoms with van der Waals surface area (Å²) >= 11 is 9.47. The van der Waals surface area contributed by atoms with Gasteiger partial charge in [-0.3, -0.25) is 0 Å². The van der Waals surface area contributed by atoms with Crippen molar-refractivity contribution in [2.75, 3.05) is 13.7 Å². The van der Waals surface area contributed by atoms with E-state index in [-0.39, 0.29) is 0 Å². The van der Waals surface area contributed by atoms with E-state index < -0.39 is 0 Å². The highest BCUT2D eigenvalue weighted by atomic mass is 79.9. The van der Waals surface area contributed by atoms with Crippen molar-refractivity contribution in [1.29, 1.82) is 0 Å². The second-order valence-electron chi connectivity index (χ2n) is 4.14. The molecule has 0 spiro atoms. The van der Waals surface area contributed by atoms with Crippen LogP contribution in [0.25, 0.3) is 0 Å². The lowest BCUT2D eigenvalue weighted by Gasteiger charge is -2.14. The topological polar surface area (TPSA) is 18.5 Å². The maximum atomic E-state index is 6.03. The molecule has 0 saturated heterocycles. The van der Waals surface area contributed by atoms with Crippen LogP contribution in [-0.2, 0) is 5.33 Å². The first-order valence-electron chi connectivity index (χ1n) is 6.28. The van der Waals surface area contributed by atoms with Crippen molar-refractivity contribution < 1.29 is 9.47 Å². The highest BCUT2D eigenvalue weighted by Gasteiger charge is 2.11. The fourth-order valence-corrected chi connectivity index (χ4v) is 2.39. The molecule has 4 heteroatoms. The summed E-state index contributed by atoms with van der Waals surface area (Å²) < 4.78 is 11.2. The molecule has 1 aromatic rings. The van der Waals surface area contributed by atoms with E-state index in [1.54, 1.807) is 13.2 Å². The van der Waals surface area contributed by atoms with Crippen molar-refractivity contribution in [3.8, 4) is 11.5 Å². The third kappa shape index (κ3) is 4.69. The number of benzene rings is 1. The minimum atomic E-state index is 0.666. The number of hydrogen-bond acceptors (Lipinski definition) is 2. The molecule has 0 atom stereocenters. The van der Waals surface area contributed by atoms with Crippen LogP contribution in [0.15, 0.2) is 12.1 Å². The molecule has 0 amide bonds. The number of unbranched alkanes of at least 4 members (excludes halogenated alkanes) is 3. The van der Waals surface area contributed by atoms with Crippen LogP contribution in [0.3, 0.4) is 0 Å². The molecule has 1 aromatic carbocycles. The highest BCUT2D eigenvalue weighted by molar-refractivity contribution is 9.08. The first-order valence-corrected chi connectivity index (χ1v) is 7.78.